The van der Waals surface area contributed by atoms with Gasteiger partial charge in [0.1, 0.15) is 5.75 Å². The molecule has 0 heterocycles. The fraction of sp³-hybridized carbons (Fsp3) is 0.500. The average Bonchev–Trinajstić information content (AvgIpc) is 2.39. The molecule has 2 rings (SSSR count). The summed E-state index contributed by atoms with van der Waals surface area (Å²) in [5, 5.41) is 0. The third-order valence-corrected chi connectivity index (χ3v) is 3.53. The summed E-state index contributed by atoms with van der Waals surface area (Å²) in [5.41, 5.74) is 7.08. The van der Waals surface area contributed by atoms with Crippen LogP contribution in [0, 0.1) is 0 Å². The molecule has 0 radical (unpaired) electrons. The Bertz CT molecular complexity index is 409. The van der Waals surface area contributed by atoms with Gasteiger partial charge < -0.3 is 10.5 Å². The molecule has 17 heavy (non-hydrogen) atoms. The topological polar surface area (TPSA) is 52.3 Å². The molecule has 0 aromatic heterocycles. The molecule has 1 fully saturated rings. The minimum Gasteiger partial charge on any atom is -0.497 e. The quantitative estimate of drug-likeness (QED) is 0.872. The van der Waals surface area contributed by atoms with E-state index in [2.05, 4.69) is 0 Å². The molecule has 2 N–H and O–H groups in total. The van der Waals surface area contributed by atoms with Gasteiger partial charge >= 0.3 is 0 Å². The number of nitrogens with two attached hydrogens (primary N) is 1. The predicted molar refractivity (Wildman–Crippen MR) is 67.3 cm³/mol. The van der Waals surface area contributed by atoms with Crippen molar-refractivity contribution in [3.8, 4) is 5.75 Å². The molecule has 0 spiro atoms. The van der Waals surface area contributed by atoms with Gasteiger partial charge in [0.05, 0.1) is 7.11 Å². The second kappa shape index (κ2) is 5.21. The first-order valence-electron chi connectivity index (χ1n) is 6.19. The molecule has 3 nitrogen and oxygen atoms in total. The van der Waals surface area contributed by atoms with Crippen LogP contribution < -0.4 is 10.5 Å². The first-order chi connectivity index (χ1) is 8.20. The number of rotatable bonds is 3. The molecule has 0 aliphatic heterocycles. The Morgan fingerprint density at radius 3 is 2.53 bits per heavy atom. The normalized spacial score (nSPS) is 16.8. The molecule has 1 aromatic rings. The number of benzene rings is 1. The number of carbonyl (C=O) groups excluding carboxylic acids is 1. The smallest absolute Gasteiger partial charge is 0.248 e. The number of primary amides is 1. The SMILES string of the molecule is COc1cc(C(N)=O)cc(C2CCCCC2)c1. The van der Waals surface area contributed by atoms with Crippen LogP contribution in [-0.2, 0) is 0 Å². The highest BCUT2D eigenvalue weighted by Crippen LogP contribution is 2.34. The van der Waals surface area contributed by atoms with Gasteiger partial charge in [-0.1, -0.05) is 19.3 Å². The zero-order valence-corrected chi connectivity index (χ0v) is 10.2. The Kier molecular flexibility index (Phi) is 3.67. The lowest BCUT2D eigenvalue weighted by Crippen LogP contribution is -2.13. The van der Waals surface area contributed by atoms with Crippen LogP contribution in [0.15, 0.2) is 18.2 Å². The Balaban J connectivity index is 2.31. The number of methoxy groups -OCH3 is 1. The van der Waals surface area contributed by atoms with Crippen molar-refractivity contribution in [1.82, 2.24) is 0 Å². The molecular formula is C14H19NO2. The van der Waals surface area contributed by atoms with Crippen molar-refractivity contribution in [1.29, 1.82) is 0 Å². The molecule has 92 valence electrons. The highest BCUT2D eigenvalue weighted by Gasteiger charge is 2.17. The van der Waals surface area contributed by atoms with E-state index < -0.39 is 0 Å². The lowest BCUT2D eigenvalue weighted by molar-refractivity contribution is 0.1000. The average molecular weight is 233 g/mol. The fourth-order valence-corrected chi connectivity index (χ4v) is 2.55. The molecule has 0 bridgehead atoms. The standard InChI is InChI=1S/C14H19NO2/c1-17-13-8-11(7-12(9-13)14(15)16)10-5-3-2-4-6-10/h7-10H,2-6H2,1H3,(H2,15,16). The summed E-state index contributed by atoms with van der Waals surface area (Å²) in [6, 6.07) is 5.65. The summed E-state index contributed by atoms with van der Waals surface area (Å²) in [4.78, 5) is 11.3. The van der Waals surface area contributed by atoms with Crippen LogP contribution in [0.25, 0.3) is 0 Å². The Morgan fingerprint density at radius 1 is 1.24 bits per heavy atom. The first kappa shape index (κ1) is 12.0. The molecule has 0 saturated heterocycles. The summed E-state index contributed by atoms with van der Waals surface area (Å²) in [6.07, 6.45) is 6.27. The van der Waals surface area contributed by atoms with E-state index in [1.54, 1.807) is 13.2 Å². The summed E-state index contributed by atoms with van der Waals surface area (Å²) in [6.45, 7) is 0. The highest BCUT2D eigenvalue weighted by molar-refractivity contribution is 5.93. The summed E-state index contributed by atoms with van der Waals surface area (Å²) >= 11 is 0. The molecule has 1 aliphatic rings. The van der Waals surface area contributed by atoms with E-state index in [1.807, 2.05) is 12.1 Å². The van der Waals surface area contributed by atoms with Crippen molar-refractivity contribution >= 4 is 5.91 Å². The lowest BCUT2D eigenvalue weighted by atomic mass is 9.83. The van der Waals surface area contributed by atoms with E-state index in [0.29, 0.717) is 11.5 Å². The molecule has 1 amide bonds. The first-order valence-corrected chi connectivity index (χ1v) is 6.19. The van der Waals surface area contributed by atoms with Crippen LogP contribution in [-0.4, -0.2) is 13.0 Å². The van der Waals surface area contributed by atoms with Crippen molar-refractivity contribution in [2.24, 2.45) is 5.73 Å². The van der Waals surface area contributed by atoms with Crippen molar-refractivity contribution in [2.45, 2.75) is 38.0 Å². The molecule has 0 unspecified atom stereocenters. The van der Waals surface area contributed by atoms with Gasteiger partial charge in [-0.15, -0.1) is 0 Å². The molecule has 3 heteroatoms. The van der Waals surface area contributed by atoms with Gasteiger partial charge in [0.15, 0.2) is 0 Å². The van der Waals surface area contributed by atoms with E-state index in [-0.39, 0.29) is 5.91 Å². The Hall–Kier alpha value is -1.51. The van der Waals surface area contributed by atoms with Crippen LogP contribution >= 0.6 is 0 Å². The third kappa shape index (κ3) is 2.78. The lowest BCUT2D eigenvalue weighted by Gasteiger charge is -2.22. The molecule has 1 aromatic carbocycles. The van der Waals surface area contributed by atoms with Gasteiger partial charge in [0, 0.05) is 5.56 Å². The summed E-state index contributed by atoms with van der Waals surface area (Å²) in [7, 11) is 1.62. The number of hydrogen-bond donors (Lipinski definition) is 1. The van der Waals surface area contributed by atoms with E-state index >= 15 is 0 Å². The molecule has 0 atom stereocenters. The second-order valence-electron chi connectivity index (χ2n) is 4.69. The van der Waals surface area contributed by atoms with E-state index in [1.165, 1.54) is 37.7 Å². The number of hydrogen-bond acceptors (Lipinski definition) is 2. The van der Waals surface area contributed by atoms with Crippen molar-refractivity contribution < 1.29 is 9.53 Å². The van der Waals surface area contributed by atoms with Crippen LogP contribution in [0.4, 0.5) is 0 Å². The van der Waals surface area contributed by atoms with Crippen LogP contribution in [0.1, 0.15) is 53.9 Å². The van der Waals surface area contributed by atoms with Crippen molar-refractivity contribution in [2.75, 3.05) is 7.11 Å². The van der Waals surface area contributed by atoms with Gasteiger partial charge in [0.2, 0.25) is 5.91 Å². The number of carbonyl (C=O) groups is 1. The second-order valence-corrected chi connectivity index (χ2v) is 4.69. The Labute approximate surface area is 102 Å². The molecule has 1 aliphatic carbocycles. The maximum absolute atomic E-state index is 11.3. The van der Waals surface area contributed by atoms with Gasteiger partial charge in [-0.3, -0.25) is 4.79 Å². The number of ether oxygens (including phenoxy) is 1. The monoisotopic (exact) mass is 233 g/mol. The van der Waals surface area contributed by atoms with E-state index in [9.17, 15) is 4.79 Å². The maximum Gasteiger partial charge on any atom is 0.248 e. The van der Waals surface area contributed by atoms with E-state index in [0.717, 1.165) is 5.75 Å². The Morgan fingerprint density at radius 2 is 1.94 bits per heavy atom. The largest absolute Gasteiger partial charge is 0.497 e. The van der Waals surface area contributed by atoms with Gasteiger partial charge in [-0.25, -0.2) is 0 Å². The predicted octanol–water partition coefficient (Wildman–Crippen LogP) is 2.84. The minimum absolute atomic E-state index is 0.388. The van der Waals surface area contributed by atoms with Gasteiger partial charge in [-0.05, 0) is 42.5 Å². The van der Waals surface area contributed by atoms with Crippen LogP contribution in [0.2, 0.25) is 0 Å². The summed E-state index contributed by atoms with van der Waals surface area (Å²) < 4.78 is 5.23. The number of amides is 1. The van der Waals surface area contributed by atoms with Crippen LogP contribution in [0.5, 0.6) is 5.75 Å². The fourth-order valence-electron chi connectivity index (χ4n) is 2.55. The third-order valence-electron chi connectivity index (χ3n) is 3.53. The van der Waals surface area contributed by atoms with Gasteiger partial charge in [-0.2, -0.15) is 0 Å². The highest BCUT2D eigenvalue weighted by atomic mass is 16.5. The van der Waals surface area contributed by atoms with Crippen molar-refractivity contribution in [3.05, 3.63) is 29.3 Å². The zero-order chi connectivity index (χ0) is 12.3. The minimum atomic E-state index is -0.388. The van der Waals surface area contributed by atoms with Crippen molar-refractivity contribution in [3.63, 3.8) is 0 Å². The molecule has 1 saturated carbocycles. The molecular weight excluding hydrogens is 214 g/mol. The van der Waals surface area contributed by atoms with Gasteiger partial charge in [0.25, 0.3) is 0 Å². The zero-order valence-electron chi connectivity index (χ0n) is 10.2. The van der Waals surface area contributed by atoms with Crippen LogP contribution in [0.3, 0.4) is 0 Å². The summed E-state index contributed by atoms with van der Waals surface area (Å²) in [5.74, 6) is 0.889. The van der Waals surface area contributed by atoms with E-state index in [4.69, 9.17) is 10.5 Å². The maximum atomic E-state index is 11.3.